The molecule has 2 aromatic carbocycles. The molecule has 2 aliphatic carbocycles. The van der Waals surface area contributed by atoms with E-state index in [1.54, 1.807) is 0 Å². The van der Waals surface area contributed by atoms with Crippen LogP contribution in [0, 0.1) is 27.7 Å². The van der Waals surface area contributed by atoms with Gasteiger partial charge in [-0.25, -0.2) is 0 Å². The van der Waals surface area contributed by atoms with Crippen LogP contribution in [0.3, 0.4) is 0 Å². The Labute approximate surface area is 191 Å². The van der Waals surface area contributed by atoms with Crippen LogP contribution in [0.2, 0.25) is 13.1 Å². The zero-order valence-electron chi connectivity index (χ0n) is 19.5. The van der Waals surface area contributed by atoms with Crippen molar-refractivity contribution in [1.29, 1.82) is 0 Å². The van der Waals surface area contributed by atoms with E-state index in [9.17, 15) is 0 Å². The third-order valence-corrected chi connectivity index (χ3v) is 43.3. The molecule has 2 atom stereocenters. The number of fused-ring (bicyclic) bond motifs is 2. The summed E-state index contributed by atoms with van der Waals surface area (Å²) in [7, 11) is 16.3. The number of allylic oxidation sites excluding steroid dienone is 2. The molecule has 0 saturated carbocycles. The second-order valence-electron chi connectivity index (χ2n) is 10.1. The first-order chi connectivity index (χ1) is 13.9. The molecular formula is C26H33Cl2SiTi. The monoisotopic (exact) mass is 491 g/mol. The van der Waals surface area contributed by atoms with Gasteiger partial charge in [-0.15, -0.1) is 0 Å². The summed E-state index contributed by atoms with van der Waals surface area (Å²) in [6, 6.07) is 9.00. The van der Waals surface area contributed by atoms with Gasteiger partial charge in [0.15, 0.2) is 0 Å². The zero-order chi connectivity index (χ0) is 22.2. The van der Waals surface area contributed by atoms with E-state index in [0.29, 0.717) is 0 Å². The van der Waals surface area contributed by atoms with Gasteiger partial charge in [-0.3, -0.25) is 0 Å². The summed E-state index contributed by atoms with van der Waals surface area (Å²) in [6.07, 6.45) is 4.76. The maximum absolute atomic E-state index is 8.17. The van der Waals surface area contributed by atoms with Gasteiger partial charge < -0.3 is 0 Å². The van der Waals surface area contributed by atoms with Gasteiger partial charge in [-0.05, 0) is 0 Å². The first-order valence-electron chi connectivity index (χ1n) is 11.0. The normalized spacial score (nSPS) is 21.8. The van der Waals surface area contributed by atoms with Gasteiger partial charge in [0.1, 0.15) is 0 Å². The SMILES string of the molecule is CC1=Cc2c(C)ccc(C)c2[CH]1[Ti]([Cl])([Cl])([CH]1C(C)=Cc2c(C)ccc(C)c21)[SiH](C)C. The summed E-state index contributed by atoms with van der Waals surface area (Å²) in [5.74, 6) is 0. The van der Waals surface area contributed by atoms with Crippen molar-refractivity contribution in [3.05, 3.63) is 79.9 Å². The van der Waals surface area contributed by atoms with Gasteiger partial charge >= 0.3 is 193 Å². The Bertz CT molecular complexity index is 1060. The molecule has 0 spiro atoms. The molecule has 30 heavy (non-hydrogen) atoms. The Morgan fingerprint density at radius 2 is 0.967 bits per heavy atom. The molecule has 2 aliphatic rings. The van der Waals surface area contributed by atoms with E-state index < -0.39 is 19.1 Å². The molecule has 159 valence electrons. The summed E-state index contributed by atoms with van der Waals surface area (Å²) >= 11 is -4.19. The summed E-state index contributed by atoms with van der Waals surface area (Å²) in [5.41, 5.74) is 13.6. The van der Waals surface area contributed by atoms with Crippen LogP contribution in [-0.4, -0.2) is 6.66 Å². The van der Waals surface area contributed by atoms with Crippen LogP contribution in [0.1, 0.15) is 66.8 Å². The van der Waals surface area contributed by atoms with Crippen molar-refractivity contribution in [1.82, 2.24) is 0 Å². The van der Waals surface area contributed by atoms with Crippen LogP contribution >= 0.6 is 18.6 Å². The van der Waals surface area contributed by atoms with E-state index in [1.165, 1.54) is 55.7 Å². The standard InChI is InChI=1S/2C12H13.C2H7Si.2ClH.Ti/c2*1-8-6-11-9(2)4-5-10(3)12(11)7-8;1-3-2;;;/h2*4-7H,1-3H3;3H,1-2H3;2*1H;/q;;;;;+2/p-2. The Morgan fingerprint density at radius 3 is 1.30 bits per heavy atom. The summed E-state index contributed by atoms with van der Waals surface area (Å²) in [4.78, 5) is 0. The molecular weight excluding hydrogens is 459 g/mol. The quantitative estimate of drug-likeness (QED) is 0.377. The molecule has 0 saturated heterocycles. The predicted molar refractivity (Wildman–Crippen MR) is 135 cm³/mol. The topological polar surface area (TPSA) is 0 Å². The van der Waals surface area contributed by atoms with Gasteiger partial charge in [0, 0.05) is 0 Å². The second kappa shape index (κ2) is 7.22. The van der Waals surface area contributed by atoms with Crippen molar-refractivity contribution < 1.29 is 12.4 Å². The molecule has 0 fully saturated rings. The van der Waals surface area contributed by atoms with Crippen LogP contribution in [0.15, 0.2) is 35.4 Å². The fourth-order valence-corrected chi connectivity index (χ4v) is 28.4. The minimum absolute atomic E-state index is 0.186. The fraction of sp³-hybridized carbons (Fsp3) is 0.385. The van der Waals surface area contributed by atoms with Crippen LogP contribution in [-0.2, 0) is 12.4 Å². The second-order valence-corrected chi connectivity index (χ2v) is 39.3. The van der Waals surface area contributed by atoms with Crippen LogP contribution in [0.4, 0.5) is 0 Å². The molecule has 4 heteroatoms. The molecule has 0 radical (unpaired) electrons. The maximum atomic E-state index is 8.17. The molecule has 0 bridgehead atoms. The molecule has 2 aromatic rings. The van der Waals surface area contributed by atoms with Crippen LogP contribution in [0.5, 0.6) is 0 Å². The zero-order valence-corrected chi connectivity index (χ0v) is 23.7. The fourth-order valence-electron chi connectivity index (χ4n) is 6.19. The molecule has 0 N–H and O–H groups in total. The van der Waals surface area contributed by atoms with E-state index in [4.69, 9.17) is 18.6 Å². The van der Waals surface area contributed by atoms with Crippen molar-refractivity contribution in [2.24, 2.45) is 0 Å². The summed E-state index contributed by atoms with van der Waals surface area (Å²) in [5, 5.41) is 0. The first kappa shape index (κ1) is 22.6. The van der Waals surface area contributed by atoms with E-state index in [0.717, 1.165) is 0 Å². The van der Waals surface area contributed by atoms with Gasteiger partial charge in [-0.1, -0.05) is 0 Å². The molecule has 0 aliphatic heterocycles. The summed E-state index contributed by atoms with van der Waals surface area (Å²) in [6.45, 7) is 16.8. The Morgan fingerprint density at radius 1 is 0.633 bits per heavy atom. The number of halogens is 2. The van der Waals surface area contributed by atoms with Crippen LogP contribution in [0.25, 0.3) is 12.2 Å². The van der Waals surface area contributed by atoms with E-state index in [2.05, 4.69) is 91.1 Å². The Balaban J connectivity index is 2.07. The average molecular weight is 492 g/mol. The van der Waals surface area contributed by atoms with Crippen molar-refractivity contribution in [3.8, 4) is 0 Å². The van der Waals surface area contributed by atoms with E-state index >= 15 is 0 Å². The molecule has 0 amide bonds. The molecule has 2 unspecified atom stereocenters. The Hall–Kier alpha value is -0.569. The van der Waals surface area contributed by atoms with Gasteiger partial charge in [0.25, 0.3) is 0 Å². The van der Waals surface area contributed by atoms with Crippen molar-refractivity contribution in [3.63, 3.8) is 0 Å². The predicted octanol–water partition coefficient (Wildman–Crippen LogP) is 8.52. The van der Waals surface area contributed by atoms with Crippen molar-refractivity contribution >= 4 is 37.4 Å². The number of aryl methyl sites for hydroxylation is 4. The van der Waals surface area contributed by atoms with Gasteiger partial charge in [0.05, 0.1) is 0 Å². The molecule has 0 nitrogen and oxygen atoms in total. The number of hydrogen-bond donors (Lipinski definition) is 0. The number of benzene rings is 2. The Kier molecular flexibility index (Phi) is 5.44. The molecule has 0 aromatic heterocycles. The van der Waals surface area contributed by atoms with Crippen molar-refractivity contribution in [2.75, 3.05) is 0 Å². The third kappa shape index (κ3) is 2.89. The van der Waals surface area contributed by atoms with E-state index in [-0.39, 0.29) is 8.45 Å². The van der Waals surface area contributed by atoms with E-state index in [1.807, 2.05) is 0 Å². The van der Waals surface area contributed by atoms with Gasteiger partial charge in [0.2, 0.25) is 0 Å². The first-order valence-corrected chi connectivity index (χ1v) is 22.7. The van der Waals surface area contributed by atoms with Crippen molar-refractivity contribution in [2.45, 2.75) is 63.1 Å². The molecule has 0 heterocycles. The summed E-state index contributed by atoms with van der Waals surface area (Å²) < 4.78 is 0.372. The minimum atomic E-state index is -4.19. The molecule has 4 rings (SSSR count). The average Bonchev–Trinajstić information content (AvgIpc) is 3.21. The number of hydrogen-bond acceptors (Lipinski definition) is 0. The van der Waals surface area contributed by atoms with Gasteiger partial charge in [-0.2, -0.15) is 0 Å². The number of rotatable bonds is 3. The third-order valence-electron chi connectivity index (χ3n) is 7.88. The van der Waals surface area contributed by atoms with Crippen LogP contribution < -0.4 is 0 Å².